The Balaban J connectivity index is 1.77. The molecule has 1 aromatic carbocycles. The molecule has 3 aliphatic heterocycles. The van der Waals surface area contributed by atoms with E-state index in [9.17, 15) is 14.4 Å². The molecule has 1 saturated heterocycles. The number of esters is 1. The molecule has 3 unspecified atom stereocenters. The van der Waals surface area contributed by atoms with Gasteiger partial charge in [0, 0.05) is 24.1 Å². The predicted octanol–water partition coefficient (Wildman–Crippen LogP) is 2.20. The van der Waals surface area contributed by atoms with Crippen molar-refractivity contribution in [2.75, 3.05) is 19.1 Å². The van der Waals surface area contributed by atoms with Crippen molar-refractivity contribution in [1.82, 2.24) is 14.7 Å². The fourth-order valence-electron chi connectivity index (χ4n) is 4.38. The van der Waals surface area contributed by atoms with Gasteiger partial charge in [-0.2, -0.15) is 0 Å². The zero-order valence-electron chi connectivity index (χ0n) is 18.8. The minimum atomic E-state index is -1.03. The normalized spacial score (nSPS) is 23.9. The Labute approximate surface area is 181 Å². The highest BCUT2D eigenvalue weighted by atomic mass is 16.5. The Hall–Kier alpha value is -3.36. The van der Waals surface area contributed by atoms with Gasteiger partial charge in [0.05, 0.1) is 7.11 Å². The van der Waals surface area contributed by atoms with E-state index >= 15 is 0 Å². The molecule has 0 saturated carbocycles. The van der Waals surface area contributed by atoms with E-state index < -0.39 is 36.2 Å². The van der Waals surface area contributed by atoms with E-state index in [0.29, 0.717) is 5.96 Å². The molecule has 1 fully saturated rings. The molecule has 0 aliphatic carbocycles. The number of hydrogen-bond donors (Lipinski definition) is 0. The zero-order chi connectivity index (χ0) is 22.8. The molecule has 0 bridgehead atoms. The molecule has 0 N–H and O–H groups in total. The lowest BCUT2D eigenvalue weighted by atomic mass is 10.1. The molecule has 0 spiro atoms. The van der Waals surface area contributed by atoms with Crippen LogP contribution < -0.4 is 4.90 Å². The van der Waals surface area contributed by atoms with Gasteiger partial charge >= 0.3 is 12.0 Å². The van der Waals surface area contributed by atoms with Gasteiger partial charge in [0.15, 0.2) is 12.2 Å². The number of nitrogens with zero attached hydrogens (tertiary/aromatic N) is 5. The minimum absolute atomic E-state index is 0.459. The number of carbonyl (C=O) groups excluding carboxylic acids is 3. The third-order valence-corrected chi connectivity index (χ3v) is 6.52. The molecule has 4 rings (SSSR count). The van der Waals surface area contributed by atoms with Crippen molar-refractivity contribution in [3.8, 4) is 0 Å². The summed E-state index contributed by atoms with van der Waals surface area (Å²) in [7, 11) is 2.83. The second-order valence-corrected chi connectivity index (χ2v) is 8.23. The fourth-order valence-corrected chi connectivity index (χ4v) is 4.38. The number of hydrogen-bond acceptors (Lipinski definition) is 7. The number of benzene rings is 1. The van der Waals surface area contributed by atoms with E-state index in [2.05, 4.69) is 26.0 Å². The van der Waals surface area contributed by atoms with Crippen LogP contribution in [0.1, 0.15) is 31.9 Å². The van der Waals surface area contributed by atoms with E-state index in [1.807, 2.05) is 29.7 Å². The number of guanidine groups is 1. The molecular formula is C22H27N5O4. The lowest BCUT2D eigenvalue weighted by Gasteiger charge is -2.42. The molecule has 0 aromatic heterocycles. The smallest absolute Gasteiger partial charge is 0.329 e. The lowest BCUT2D eigenvalue weighted by molar-refractivity contribution is -0.153. The number of urea groups is 1. The van der Waals surface area contributed by atoms with Gasteiger partial charge in [-0.25, -0.2) is 19.5 Å². The van der Waals surface area contributed by atoms with Crippen molar-refractivity contribution in [2.24, 2.45) is 4.99 Å². The van der Waals surface area contributed by atoms with Crippen LogP contribution in [0.4, 0.5) is 10.5 Å². The molecule has 31 heavy (non-hydrogen) atoms. The van der Waals surface area contributed by atoms with Crippen LogP contribution in [0.2, 0.25) is 0 Å². The summed E-state index contributed by atoms with van der Waals surface area (Å²) in [5.74, 6) is -0.498. The maximum Gasteiger partial charge on any atom is 0.329 e. The topological polar surface area (TPSA) is 85.8 Å². The maximum absolute atomic E-state index is 13.5. The molecule has 164 valence electrons. The highest BCUT2D eigenvalue weighted by Gasteiger charge is 2.57. The van der Waals surface area contributed by atoms with Crippen molar-refractivity contribution in [2.45, 2.75) is 52.9 Å². The molecule has 3 heterocycles. The number of aryl methyl sites for hydroxylation is 2. The maximum atomic E-state index is 13.5. The molecule has 3 amide bonds. The van der Waals surface area contributed by atoms with E-state index in [4.69, 9.17) is 9.73 Å². The van der Waals surface area contributed by atoms with Crippen LogP contribution in [-0.2, 0) is 14.3 Å². The SMILES string of the molecule is COC(=O)C(C)N1C(=O)C2C(N=C3N(c4ccc(C)c(C)c4)C(C)=C(C)N32)N(C)C1=O. The Morgan fingerprint density at radius 3 is 2.39 bits per heavy atom. The predicted molar refractivity (Wildman–Crippen MR) is 115 cm³/mol. The van der Waals surface area contributed by atoms with Crippen molar-refractivity contribution in [3.05, 3.63) is 40.7 Å². The average molecular weight is 425 g/mol. The second-order valence-electron chi connectivity index (χ2n) is 8.23. The molecule has 9 heteroatoms. The summed E-state index contributed by atoms with van der Waals surface area (Å²) in [6.07, 6.45) is -0.673. The van der Waals surface area contributed by atoms with Crippen LogP contribution in [0.5, 0.6) is 0 Å². The van der Waals surface area contributed by atoms with Crippen LogP contribution in [0, 0.1) is 13.8 Å². The minimum Gasteiger partial charge on any atom is -0.467 e. The summed E-state index contributed by atoms with van der Waals surface area (Å²) < 4.78 is 4.77. The summed E-state index contributed by atoms with van der Waals surface area (Å²) >= 11 is 0. The quantitative estimate of drug-likeness (QED) is 0.690. The number of likely N-dealkylation sites (N-methyl/N-ethyl adjacent to an activating group) is 1. The van der Waals surface area contributed by atoms with E-state index in [1.54, 1.807) is 7.05 Å². The van der Waals surface area contributed by atoms with Crippen molar-refractivity contribution in [1.29, 1.82) is 0 Å². The van der Waals surface area contributed by atoms with Gasteiger partial charge < -0.3 is 9.64 Å². The first-order valence-corrected chi connectivity index (χ1v) is 10.2. The fraction of sp³-hybridized carbons (Fsp3) is 0.455. The Kier molecular flexibility index (Phi) is 4.79. The van der Waals surface area contributed by atoms with Gasteiger partial charge in [-0.1, -0.05) is 6.07 Å². The van der Waals surface area contributed by atoms with Crippen LogP contribution in [-0.4, -0.2) is 71.0 Å². The molecule has 1 aromatic rings. The first-order chi connectivity index (χ1) is 14.6. The summed E-state index contributed by atoms with van der Waals surface area (Å²) in [6, 6.07) is 3.83. The number of ether oxygens (including phenoxy) is 1. The number of fused-ring (bicyclic) bond motifs is 3. The van der Waals surface area contributed by atoms with Gasteiger partial charge in [-0.05, 0) is 57.9 Å². The molecule has 9 nitrogen and oxygen atoms in total. The molecule has 3 aliphatic rings. The van der Waals surface area contributed by atoms with Crippen LogP contribution in [0.25, 0.3) is 0 Å². The number of anilines is 1. The van der Waals surface area contributed by atoms with Crippen LogP contribution in [0.15, 0.2) is 34.6 Å². The Bertz CT molecular complexity index is 1060. The van der Waals surface area contributed by atoms with Gasteiger partial charge in [-0.3, -0.25) is 14.6 Å². The van der Waals surface area contributed by atoms with Gasteiger partial charge in [0.25, 0.3) is 5.91 Å². The second kappa shape index (κ2) is 7.11. The van der Waals surface area contributed by atoms with Crippen LogP contribution in [0.3, 0.4) is 0 Å². The van der Waals surface area contributed by atoms with Gasteiger partial charge in [-0.15, -0.1) is 0 Å². The number of methoxy groups -OCH3 is 1. The standard InChI is InChI=1S/C22H27N5O4/c1-11-8-9-16(10-12(11)2)25-13(3)14(4)26-17-18(23-21(25)26)24(6)22(30)27(19(17)28)15(5)20(29)31-7/h8-10,15,17-18H,1-7H3. The monoisotopic (exact) mass is 425 g/mol. The lowest BCUT2D eigenvalue weighted by Crippen LogP contribution is -2.67. The number of aliphatic imine (C=N–C) groups is 1. The molecule has 3 atom stereocenters. The third-order valence-electron chi connectivity index (χ3n) is 6.52. The van der Waals surface area contributed by atoms with E-state index in [-0.39, 0.29) is 0 Å². The summed E-state index contributed by atoms with van der Waals surface area (Å²) in [4.78, 5) is 49.6. The van der Waals surface area contributed by atoms with Crippen molar-refractivity contribution < 1.29 is 19.1 Å². The van der Waals surface area contributed by atoms with Gasteiger partial charge in [0.2, 0.25) is 5.96 Å². The van der Waals surface area contributed by atoms with Crippen molar-refractivity contribution in [3.63, 3.8) is 0 Å². The Morgan fingerprint density at radius 1 is 1.10 bits per heavy atom. The van der Waals surface area contributed by atoms with E-state index in [1.165, 1.54) is 24.5 Å². The summed E-state index contributed by atoms with van der Waals surface area (Å²) in [5.41, 5.74) is 5.12. The number of rotatable bonds is 3. The van der Waals surface area contributed by atoms with Gasteiger partial charge in [0.1, 0.15) is 6.04 Å². The summed E-state index contributed by atoms with van der Waals surface area (Å²) in [5, 5.41) is 0. The number of amides is 3. The number of allylic oxidation sites excluding steroid dienone is 2. The van der Waals surface area contributed by atoms with Crippen LogP contribution >= 0.6 is 0 Å². The largest absolute Gasteiger partial charge is 0.467 e. The zero-order valence-corrected chi connectivity index (χ0v) is 18.8. The number of carbonyl (C=O) groups is 3. The highest BCUT2D eigenvalue weighted by molar-refractivity contribution is 6.11. The summed E-state index contributed by atoms with van der Waals surface area (Å²) in [6.45, 7) is 9.52. The Morgan fingerprint density at radius 2 is 1.77 bits per heavy atom. The molecule has 0 radical (unpaired) electrons. The highest BCUT2D eigenvalue weighted by Crippen LogP contribution is 2.40. The number of imide groups is 1. The first-order valence-electron chi connectivity index (χ1n) is 10.2. The van der Waals surface area contributed by atoms with E-state index in [0.717, 1.165) is 27.5 Å². The van der Waals surface area contributed by atoms with Crippen molar-refractivity contribution >= 4 is 29.6 Å². The molecular weight excluding hydrogens is 398 g/mol. The third kappa shape index (κ3) is 2.83. The average Bonchev–Trinajstić information content (AvgIpc) is 3.23. The first kappa shape index (κ1) is 20.9.